The van der Waals surface area contributed by atoms with Crippen molar-refractivity contribution < 1.29 is 9.59 Å². The lowest BCUT2D eigenvalue weighted by Gasteiger charge is -2.25. The van der Waals surface area contributed by atoms with E-state index in [0.29, 0.717) is 17.9 Å². The van der Waals surface area contributed by atoms with Gasteiger partial charge in [0.05, 0.1) is 5.75 Å². The molecule has 0 unspecified atom stereocenters. The first-order valence-corrected chi connectivity index (χ1v) is 12.1. The van der Waals surface area contributed by atoms with Crippen LogP contribution in [0.5, 0.6) is 0 Å². The molecular weight excluding hydrogens is 416 g/mol. The molecule has 2 amide bonds. The fourth-order valence-corrected chi connectivity index (χ4v) is 5.89. The van der Waals surface area contributed by atoms with Crippen molar-refractivity contribution in [3.63, 3.8) is 0 Å². The summed E-state index contributed by atoms with van der Waals surface area (Å²) in [5, 5.41) is 0.00167. The van der Waals surface area contributed by atoms with E-state index in [-0.39, 0.29) is 23.2 Å². The minimum absolute atomic E-state index is 0.00167. The lowest BCUT2D eigenvalue weighted by atomic mass is 10.1. The first-order chi connectivity index (χ1) is 15.6. The lowest BCUT2D eigenvalue weighted by Crippen LogP contribution is -2.35. The maximum Gasteiger partial charge on any atom is 0.258 e. The molecule has 2 aliphatic rings. The maximum atomic E-state index is 13.3. The third-order valence-corrected chi connectivity index (χ3v) is 7.58. The van der Waals surface area contributed by atoms with Crippen molar-refractivity contribution in [1.29, 1.82) is 0 Å². The van der Waals surface area contributed by atoms with Crippen LogP contribution in [-0.4, -0.2) is 35.1 Å². The summed E-state index contributed by atoms with van der Waals surface area (Å²) in [5.41, 5.74) is 5.22. The van der Waals surface area contributed by atoms with Crippen LogP contribution in [0.25, 0.3) is 0 Å². The molecule has 2 aliphatic heterocycles. The van der Waals surface area contributed by atoms with E-state index in [2.05, 4.69) is 25.1 Å². The molecule has 2 atom stereocenters. The van der Waals surface area contributed by atoms with Gasteiger partial charge < -0.3 is 9.80 Å². The number of nitrogens with zero attached hydrogens (tertiary/aromatic N) is 2. The smallest absolute Gasteiger partial charge is 0.258 e. The fourth-order valence-electron chi connectivity index (χ4n) is 4.67. The number of hydrogen-bond acceptors (Lipinski definition) is 3. The molecule has 1 saturated heterocycles. The monoisotopic (exact) mass is 442 g/mol. The molecule has 2 heterocycles. The molecule has 5 rings (SSSR count). The number of carbonyl (C=O) groups excluding carboxylic acids is 2. The Balaban J connectivity index is 1.32. The van der Waals surface area contributed by atoms with Crippen LogP contribution in [0.15, 0.2) is 78.9 Å². The maximum absolute atomic E-state index is 13.3. The highest BCUT2D eigenvalue weighted by atomic mass is 32.2. The minimum Gasteiger partial charge on any atom is -0.326 e. The van der Waals surface area contributed by atoms with Gasteiger partial charge in [0.1, 0.15) is 5.37 Å². The zero-order valence-corrected chi connectivity index (χ0v) is 18.9. The first kappa shape index (κ1) is 20.8. The first-order valence-electron chi connectivity index (χ1n) is 11.1. The van der Waals surface area contributed by atoms with E-state index in [1.807, 2.05) is 70.5 Å². The Morgan fingerprint density at radius 1 is 0.969 bits per heavy atom. The molecule has 0 aromatic heterocycles. The Labute approximate surface area is 193 Å². The third kappa shape index (κ3) is 3.93. The summed E-state index contributed by atoms with van der Waals surface area (Å²) in [5.74, 6) is 0.714. The zero-order chi connectivity index (χ0) is 22.1. The molecule has 0 radical (unpaired) electrons. The normalized spacial score (nSPS) is 20.0. The van der Waals surface area contributed by atoms with E-state index < -0.39 is 0 Å². The molecule has 3 aromatic rings. The van der Waals surface area contributed by atoms with Crippen molar-refractivity contribution in [1.82, 2.24) is 4.90 Å². The second-order valence-electron chi connectivity index (χ2n) is 8.47. The largest absolute Gasteiger partial charge is 0.326 e. The number of para-hydroxylation sites is 1. The molecule has 32 heavy (non-hydrogen) atoms. The molecule has 0 saturated carbocycles. The van der Waals surface area contributed by atoms with E-state index in [9.17, 15) is 9.59 Å². The number of thioether (sulfide) groups is 1. The van der Waals surface area contributed by atoms with E-state index in [4.69, 9.17) is 0 Å². The van der Waals surface area contributed by atoms with Gasteiger partial charge in [0.25, 0.3) is 5.91 Å². The molecule has 1 fully saturated rings. The predicted octanol–water partition coefficient (Wildman–Crippen LogP) is 5.09. The standard InChI is InChI=1S/C27H26N2O2S/c1-19-17-23-9-5-6-10-24(23)29(19)26(31)21-11-13-22(14-12-21)27-28(25(30)18-32-27)16-15-20-7-3-2-4-8-20/h2-14,19,27H,15-18H2,1H3/t19-,27+/m0/s1. The number of hydrogen-bond donors (Lipinski definition) is 0. The van der Waals surface area contributed by atoms with Gasteiger partial charge in [0.2, 0.25) is 5.91 Å². The molecular formula is C27H26N2O2S. The van der Waals surface area contributed by atoms with Gasteiger partial charge >= 0.3 is 0 Å². The van der Waals surface area contributed by atoms with E-state index in [1.54, 1.807) is 11.8 Å². The number of fused-ring (bicyclic) bond motifs is 1. The lowest BCUT2D eigenvalue weighted by molar-refractivity contribution is -0.128. The van der Waals surface area contributed by atoms with Crippen LogP contribution in [-0.2, 0) is 17.6 Å². The number of anilines is 1. The zero-order valence-electron chi connectivity index (χ0n) is 18.1. The molecule has 0 spiro atoms. The van der Waals surface area contributed by atoms with Gasteiger partial charge in [-0.2, -0.15) is 0 Å². The average molecular weight is 443 g/mol. The molecule has 4 nitrogen and oxygen atoms in total. The molecule has 3 aromatic carbocycles. The van der Waals surface area contributed by atoms with E-state index >= 15 is 0 Å². The fraction of sp³-hybridized carbons (Fsp3) is 0.259. The number of benzene rings is 3. The molecule has 0 bridgehead atoms. The Morgan fingerprint density at radius 3 is 2.47 bits per heavy atom. The van der Waals surface area contributed by atoms with Crippen molar-refractivity contribution in [3.05, 3.63) is 101 Å². The van der Waals surface area contributed by atoms with Crippen molar-refractivity contribution in [3.8, 4) is 0 Å². The molecule has 0 aliphatic carbocycles. The van der Waals surface area contributed by atoms with Crippen LogP contribution < -0.4 is 4.90 Å². The second kappa shape index (κ2) is 8.83. The van der Waals surface area contributed by atoms with E-state index in [0.717, 1.165) is 24.1 Å². The minimum atomic E-state index is 0.00167. The Morgan fingerprint density at radius 2 is 1.69 bits per heavy atom. The van der Waals surface area contributed by atoms with Crippen molar-refractivity contribution in [2.45, 2.75) is 31.2 Å². The number of rotatable bonds is 5. The summed E-state index contributed by atoms with van der Waals surface area (Å²) in [6, 6.07) is 26.4. The topological polar surface area (TPSA) is 40.6 Å². The summed E-state index contributed by atoms with van der Waals surface area (Å²) in [6.07, 6.45) is 1.73. The van der Waals surface area contributed by atoms with Gasteiger partial charge in [-0.25, -0.2) is 0 Å². The summed E-state index contributed by atoms with van der Waals surface area (Å²) < 4.78 is 0. The number of amides is 2. The molecule has 5 heteroatoms. The van der Waals surface area contributed by atoms with Gasteiger partial charge in [-0.1, -0.05) is 60.7 Å². The Kier molecular flexibility index (Phi) is 5.75. The van der Waals surface area contributed by atoms with Gasteiger partial charge in [0.15, 0.2) is 0 Å². The quantitative estimate of drug-likeness (QED) is 0.552. The van der Waals surface area contributed by atoms with Crippen molar-refractivity contribution in [2.24, 2.45) is 0 Å². The van der Waals surface area contributed by atoms with Crippen LogP contribution in [0.2, 0.25) is 0 Å². The van der Waals surface area contributed by atoms with Gasteiger partial charge in [0, 0.05) is 23.8 Å². The summed E-state index contributed by atoms with van der Waals surface area (Å²) in [6.45, 7) is 2.79. The van der Waals surface area contributed by atoms with E-state index in [1.165, 1.54) is 11.1 Å². The highest BCUT2D eigenvalue weighted by molar-refractivity contribution is 8.00. The summed E-state index contributed by atoms with van der Waals surface area (Å²) >= 11 is 1.66. The van der Waals surface area contributed by atoms with Crippen molar-refractivity contribution in [2.75, 3.05) is 17.2 Å². The Hall–Kier alpha value is -3.05. The van der Waals surface area contributed by atoms with Gasteiger partial charge in [-0.3, -0.25) is 9.59 Å². The van der Waals surface area contributed by atoms with Crippen LogP contribution in [0.1, 0.15) is 39.3 Å². The second-order valence-corrected chi connectivity index (χ2v) is 9.53. The summed E-state index contributed by atoms with van der Waals surface area (Å²) in [7, 11) is 0. The highest BCUT2D eigenvalue weighted by Crippen LogP contribution is 2.39. The van der Waals surface area contributed by atoms with Crippen LogP contribution in [0, 0.1) is 0 Å². The summed E-state index contributed by atoms with van der Waals surface area (Å²) in [4.78, 5) is 29.7. The Bertz CT molecular complexity index is 1130. The molecule has 0 N–H and O–H groups in total. The third-order valence-electron chi connectivity index (χ3n) is 6.32. The highest BCUT2D eigenvalue weighted by Gasteiger charge is 2.34. The van der Waals surface area contributed by atoms with Crippen LogP contribution in [0.3, 0.4) is 0 Å². The van der Waals surface area contributed by atoms with Crippen LogP contribution in [0.4, 0.5) is 5.69 Å². The SMILES string of the molecule is C[C@H]1Cc2ccccc2N1C(=O)c1ccc([C@H]2SCC(=O)N2CCc2ccccc2)cc1. The van der Waals surface area contributed by atoms with Crippen LogP contribution >= 0.6 is 11.8 Å². The van der Waals surface area contributed by atoms with Gasteiger partial charge in [-0.05, 0) is 54.7 Å². The predicted molar refractivity (Wildman–Crippen MR) is 130 cm³/mol. The average Bonchev–Trinajstić information content (AvgIpc) is 3.36. The number of carbonyl (C=O) groups is 2. The molecule has 162 valence electrons. The van der Waals surface area contributed by atoms with Gasteiger partial charge in [-0.15, -0.1) is 11.8 Å². The van der Waals surface area contributed by atoms with Crippen molar-refractivity contribution >= 4 is 29.3 Å².